The number of carbonyl (C=O) groups excluding carboxylic acids is 1. The van der Waals surface area contributed by atoms with Gasteiger partial charge in [0.1, 0.15) is 0 Å². The van der Waals surface area contributed by atoms with E-state index in [-0.39, 0.29) is 18.9 Å². The van der Waals surface area contributed by atoms with Gasteiger partial charge in [-0.05, 0) is 38.5 Å². The van der Waals surface area contributed by atoms with Crippen molar-refractivity contribution in [3.63, 3.8) is 0 Å². The number of hydrogen-bond donors (Lipinski definition) is 4. The molecule has 0 spiro atoms. The zero-order valence-electron chi connectivity index (χ0n) is 40.9. The van der Waals surface area contributed by atoms with Crippen LogP contribution in [0.5, 0.6) is 0 Å². The molecule has 0 radical (unpaired) electrons. The highest BCUT2D eigenvalue weighted by atomic mass is 16.3. The Morgan fingerprint density at radius 3 is 0.967 bits per heavy atom. The molecule has 0 bridgehead atoms. The fraction of sp³-hybridized carbons (Fsp3) is 0.945. The zero-order chi connectivity index (χ0) is 43.7. The third-order valence-corrected chi connectivity index (χ3v) is 13.1. The minimum Gasteiger partial charge on any atom is -0.394 e. The van der Waals surface area contributed by atoms with E-state index in [4.69, 9.17) is 0 Å². The lowest BCUT2D eigenvalue weighted by Gasteiger charge is -2.23. The number of amides is 1. The quantitative estimate of drug-likeness (QED) is 0.0363. The van der Waals surface area contributed by atoms with Crippen molar-refractivity contribution in [3.8, 4) is 0 Å². The van der Waals surface area contributed by atoms with Gasteiger partial charge in [0.25, 0.3) is 0 Å². The molecule has 5 nitrogen and oxygen atoms in total. The lowest BCUT2D eigenvalue weighted by molar-refractivity contribution is -0.125. The molecule has 0 aliphatic carbocycles. The van der Waals surface area contributed by atoms with Crippen molar-refractivity contribution < 1.29 is 20.1 Å². The largest absolute Gasteiger partial charge is 0.394 e. The number of hydrogen-bond acceptors (Lipinski definition) is 4. The molecule has 4 N–H and O–H groups in total. The number of carbonyl (C=O) groups is 1. The summed E-state index contributed by atoms with van der Waals surface area (Å²) in [5, 5.41) is 33.6. The molecule has 0 aromatic rings. The van der Waals surface area contributed by atoms with Crippen molar-refractivity contribution in [2.24, 2.45) is 0 Å². The summed E-state index contributed by atoms with van der Waals surface area (Å²) in [5.41, 5.74) is 0. The van der Waals surface area contributed by atoms with Crippen molar-refractivity contribution in [2.45, 2.75) is 327 Å². The SMILES string of the molecule is CCCCCCCCCCCCC/C=C\CCCCCCCC(O)CC(=O)NC(CO)C(O)CCCCCCCCCCCCCCCCCCCCCCCCCCC. The van der Waals surface area contributed by atoms with E-state index >= 15 is 0 Å². The van der Waals surface area contributed by atoms with E-state index in [0.29, 0.717) is 12.8 Å². The Bertz CT molecular complexity index is 848. The molecule has 0 heterocycles. The predicted octanol–water partition coefficient (Wildman–Crippen LogP) is 16.7. The molecule has 5 heteroatoms. The van der Waals surface area contributed by atoms with Gasteiger partial charge in [-0.25, -0.2) is 0 Å². The fourth-order valence-corrected chi connectivity index (χ4v) is 8.87. The molecule has 0 aromatic carbocycles. The van der Waals surface area contributed by atoms with Crippen LogP contribution in [-0.2, 0) is 4.79 Å². The van der Waals surface area contributed by atoms with E-state index in [2.05, 4.69) is 31.3 Å². The molecule has 1 amide bonds. The molecule has 3 atom stereocenters. The van der Waals surface area contributed by atoms with Crippen LogP contribution in [0.25, 0.3) is 0 Å². The Morgan fingerprint density at radius 1 is 0.400 bits per heavy atom. The van der Waals surface area contributed by atoms with Crippen molar-refractivity contribution in [3.05, 3.63) is 12.2 Å². The standard InChI is InChI=1S/C55H109NO4/c1-3-5-7-9-11-13-15-17-19-21-23-25-26-27-28-29-31-33-35-37-39-41-43-45-47-49-54(59)53(51-57)56-55(60)50-52(58)48-46-44-42-40-38-36-34-32-30-24-22-20-18-16-14-12-10-8-6-4-2/h32,34,52-54,57-59H,3-31,33,35-51H2,1-2H3,(H,56,60)/b34-32-. The normalized spacial score (nSPS) is 13.3. The average molecular weight is 848 g/mol. The average Bonchev–Trinajstić information content (AvgIpc) is 3.24. The number of aliphatic hydroxyl groups excluding tert-OH is 3. The van der Waals surface area contributed by atoms with E-state index in [9.17, 15) is 20.1 Å². The highest BCUT2D eigenvalue weighted by Gasteiger charge is 2.21. The molecule has 0 saturated carbocycles. The monoisotopic (exact) mass is 848 g/mol. The van der Waals surface area contributed by atoms with Crippen LogP contribution >= 0.6 is 0 Å². The number of rotatable bonds is 51. The van der Waals surface area contributed by atoms with Gasteiger partial charge in [0.2, 0.25) is 5.91 Å². The summed E-state index contributed by atoms with van der Waals surface area (Å²) in [6.07, 6.45) is 62.2. The van der Waals surface area contributed by atoms with Gasteiger partial charge >= 0.3 is 0 Å². The molecular formula is C55H109NO4. The van der Waals surface area contributed by atoms with Gasteiger partial charge in [0.05, 0.1) is 31.3 Å². The zero-order valence-corrected chi connectivity index (χ0v) is 40.9. The Labute approximate surface area is 376 Å². The highest BCUT2D eigenvalue weighted by Crippen LogP contribution is 2.18. The second-order valence-electron chi connectivity index (χ2n) is 19.2. The summed E-state index contributed by atoms with van der Waals surface area (Å²) >= 11 is 0. The third-order valence-electron chi connectivity index (χ3n) is 13.1. The molecule has 0 aliphatic rings. The van der Waals surface area contributed by atoms with Crippen LogP contribution < -0.4 is 5.32 Å². The fourth-order valence-electron chi connectivity index (χ4n) is 8.87. The summed E-state index contributed by atoms with van der Waals surface area (Å²) < 4.78 is 0. The Balaban J connectivity index is 3.53. The number of nitrogens with one attached hydrogen (secondary N) is 1. The predicted molar refractivity (Wildman–Crippen MR) is 264 cm³/mol. The van der Waals surface area contributed by atoms with E-state index in [1.165, 1.54) is 250 Å². The minimum absolute atomic E-state index is 0.0344. The molecule has 0 aliphatic heterocycles. The molecule has 0 saturated heterocycles. The molecule has 358 valence electrons. The van der Waals surface area contributed by atoms with Crippen LogP contribution in [0.15, 0.2) is 12.2 Å². The molecule has 0 aromatic heterocycles. The molecule has 60 heavy (non-hydrogen) atoms. The molecule has 3 unspecified atom stereocenters. The lowest BCUT2D eigenvalue weighted by atomic mass is 10.0. The van der Waals surface area contributed by atoms with Crippen LogP contribution in [0.4, 0.5) is 0 Å². The van der Waals surface area contributed by atoms with Crippen molar-refractivity contribution in [2.75, 3.05) is 6.61 Å². The topological polar surface area (TPSA) is 89.8 Å². The van der Waals surface area contributed by atoms with E-state index < -0.39 is 18.2 Å². The molecule has 0 rings (SSSR count). The van der Waals surface area contributed by atoms with E-state index in [1.807, 2.05) is 0 Å². The van der Waals surface area contributed by atoms with Crippen LogP contribution in [0.3, 0.4) is 0 Å². The highest BCUT2D eigenvalue weighted by molar-refractivity contribution is 5.76. The number of allylic oxidation sites excluding steroid dienone is 2. The van der Waals surface area contributed by atoms with E-state index in [1.54, 1.807) is 0 Å². The summed E-state index contributed by atoms with van der Waals surface area (Å²) in [4.78, 5) is 12.5. The smallest absolute Gasteiger partial charge is 0.222 e. The third kappa shape index (κ3) is 46.6. The van der Waals surface area contributed by atoms with Crippen LogP contribution in [0.1, 0.15) is 309 Å². The summed E-state index contributed by atoms with van der Waals surface area (Å²) in [5.74, 6) is -0.282. The van der Waals surface area contributed by atoms with Crippen molar-refractivity contribution in [1.29, 1.82) is 0 Å². The van der Waals surface area contributed by atoms with Gasteiger partial charge in [-0.3, -0.25) is 4.79 Å². The lowest BCUT2D eigenvalue weighted by Crippen LogP contribution is -2.46. The maximum atomic E-state index is 12.5. The Morgan fingerprint density at radius 2 is 0.667 bits per heavy atom. The Hall–Kier alpha value is -0.910. The van der Waals surface area contributed by atoms with Crippen molar-refractivity contribution in [1.82, 2.24) is 5.32 Å². The van der Waals surface area contributed by atoms with Crippen LogP contribution in [-0.4, -0.2) is 46.1 Å². The van der Waals surface area contributed by atoms with Crippen molar-refractivity contribution >= 4 is 5.91 Å². The second kappa shape index (κ2) is 50.7. The van der Waals surface area contributed by atoms with E-state index in [0.717, 1.165) is 25.7 Å². The van der Waals surface area contributed by atoms with Gasteiger partial charge in [0.15, 0.2) is 0 Å². The molecular weight excluding hydrogens is 739 g/mol. The maximum absolute atomic E-state index is 12.5. The minimum atomic E-state index is -0.750. The summed E-state index contributed by atoms with van der Waals surface area (Å²) in [6, 6.07) is -0.659. The van der Waals surface area contributed by atoms with Crippen LogP contribution in [0, 0.1) is 0 Å². The summed E-state index contributed by atoms with van der Waals surface area (Å²) in [7, 11) is 0. The van der Waals surface area contributed by atoms with Gasteiger partial charge in [-0.2, -0.15) is 0 Å². The van der Waals surface area contributed by atoms with Gasteiger partial charge in [-0.1, -0.05) is 276 Å². The maximum Gasteiger partial charge on any atom is 0.222 e. The first-order valence-corrected chi connectivity index (χ1v) is 27.5. The first-order valence-electron chi connectivity index (χ1n) is 27.5. The second-order valence-corrected chi connectivity index (χ2v) is 19.2. The molecule has 0 fully saturated rings. The number of aliphatic hydroxyl groups is 3. The number of unbranched alkanes of at least 4 members (excludes halogenated alkanes) is 40. The summed E-state index contributed by atoms with van der Waals surface area (Å²) in [6.45, 7) is 4.30. The Kier molecular flexibility index (Phi) is 50.0. The van der Waals surface area contributed by atoms with Gasteiger partial charge < -0.3 is 20.6 Å². The van der Waals surface area contributed by atoms with Crippen LogP contribution in [0.2, 0.25) is 0 Å². The van der Waals surface area contributed by atoms with Gasteiger partial charge in [-0.15, -0.1) is 0 Å². The first-order chi connectivity index (χ1) is 29.5. The van der Waals surface area contributed by atoms with Gasteiger partial charge in [0, 0.05) is 0 Å². The first kappa shape index (κ1) is 59.1.